The van der Waals surface area contributed by atoms with Gasteiger partial charge in [0.05, 0.1) is 31.7 Å². The van der Waals surface area contributed by atoms with Crippen molar-refractivity contribution >= 4 is 11.9 Å². The van der Waals surface area contributed by atoms with Crippen LogP contribution in [0.1, 0.15) is 26.5 Å². The molecule has 1 aliphatic heterocycles. The molecule has 0 aliphatic carbocycles. The summed E-state index contributed by atoms with van der Waals surface area (Å²) in [5.74, 6) is 0.167. The van der Waals surface area contributed by atoms with Gasteiger partial charge in [0.25, 0.3) is 5.91 Å². The van der Waals surface area contributed by atoms with Gasteiger partial charge in [-0.15, -0.1) is 0 Å². The normalized spacial score (nSPS) is 15.6. The van der Waals surface area contributed by atoms with Crippen LogP contribution in [0.15, 0.2) is 39.8 Å². The zero-order valence-electron chi connectivity index (χ0n) is 12.9. The molecule has 1 saturated heterocycles. The highest BCUT2D eigenvalue weighted by Gasteiger charge is 2.24. The van der Waals surface area contributed by atoms with Crippen LogP contribution in [0.4, 0.5) is 0 Å². The summed E-state index contributed by atoms with van der Waals surface area (Å²) in [6, 6.07) is 3.28. The van der Waals surface area contributed by atoms with E-state index in [1.54, 1.807) is 17.0 Å². The average molecular weight is 318 g/mol. The van der Waals surface area contributed by atoms with E-state index in [2.05, 4.69) is 4.90 Å². The lowest BCUT2D eigenvalue weighted by Crippen LogP contribution is -2.48. The Labute approximate surface area is 133 Å². The molecule has 0 N–H and O–H groups in total. The van der Waals surface area contributed by atoms with Crippen LogP contribution in [0.25, 0.3) is 0 Å². The van der Waals surface area contributed by atoms with Crippen LogP contribution in [0.2, 0.25) is 0 Å². The van der Waals surface area contributed by atoms with Gasteiger partial charge in [0, 0.05) is 26.2 Å². The zero-order chi connectivity index (χ0) is 16.2. The van der Waals surface area contributed by atoms with E-state index >= 15 is 0 Å². The molecule has 0 atom stereocenters. The summed E-state index contributed by atoms with van der Waals surface area (Å²) < 4.78 is 15.1. The van der Waals surface area contributed by atoms with Crippen LogP contribution < -0.4 is 0 Å². The van der Waals surface area contributed by atoms with Gasteiger partial charge in [-0.05, 0) is 12.1 Å². The minimum absolute atomic E-state index is 0.0216. The number of furan rings is 2. The number of carbonyl (C=O) groups excluding carboxylic acids is 2. The smallest absolute Gasteiger partial charge is 0.341 e. The largest absolute Gasteiger partial charge is 0.472 e. The van der Waals surface area contributed by atoms with Crippen LogP contribution in [-0.4, -0.2) is 55.0 Å². The van der Waals surface area contributed by atoms with E-state index in [9.17, 15) is 9.59 Å². The molecule has 1 fully saturated rings. The first-order valence-corrected chi connectivity index (χ1v) is 7.37. The maximum atomic E-state index is 12.2. The summed E-state index contributed by atoms with van der Waals surface area (Å²) in [6.45, 7) is 3.19. The Morgan fingerprint density at radius 1 is 1.17 bits per heavy atom. The summed E-state index contributed by atoms with van der Waals surface area (Å²) in [5.41, 5.74) is 1.02. The molecule has 3 rings (SSSR count). The van der Waals surface area contributed by atoms with Crippen molar-refractivity contribution in [1.29, 1.82) is 0 Å². The molecule has 2 aromatic heterocycles. The number of esters is 1. The monoisotopic (exact) mass is 318 g/mol. The van der Waals surface area contributed by atoms with Crippen LogP contribution in [0, 0.1) is 0 Å². The summed E-state index contributed by atoms with van der Waals surface area (Å²) >= 11 is 0. The second-order valence-electron chi connectivity index (χ2n) is 5.33. The van der Waals surface area contributed by atoms with E-state index in [0.717, 1.165) is 0 Å². The fourth-order valence-corrected chi connectivity index (χ4v) is 2.64. The molecule has 0 unspecified atom stereocenters. The highest BCUT2D eigenvalue weighted by atomic mass is 16.5. The van der Waals surface area contributed by atoms with E-state index in [-0.39, 0.29) is 5.91 Å². The number of ether oxygens (including phenoxy) is 1. The van der Waals surface area contributed by atoms with Crippen LogP contribution in [0.5, 0.6) is 0 Å². The molecule has 0 radical (unpaired) electrons. The number of methoxy groups -OCH3 is 1. The van der Waals surface area contributed by atoms with Gasteiger partial charge in [-0.3, -0.25) is 9.69 Å². The first-order valence-electron chi connectivity index (χ1n) is 7.37. The standard InChI is InChI=1S/C16H18N2O5/c1-21-16(20)13-3-9-23-14(13)10-17-4-6-18(7-5-17)15(19)12-2-8-22-11-12/h2-3,8-9,11H,4-7,10H2,1H3. The van der Waals surface area contributed by atoms with Gasteiger partial charge in [0.1, 0.15) is 17.6 Å². The first kappa shape index (κ1) is 15.4. The molecule has 1 aliphatic rings. The first-order chi connectivity index (χ1) is 11.2. The average Bonchev–Trinajstić information content (AvgIpc) is 3.26. The van der Waals surface area contributed by atoms with Crippen molar-refractivity contribution in [1.82, 2.24) is 9.80 Å². The second-order valence-corrected chi connectivity index (χ2v) is 5.33. The van der Waals surface area contributed by atoms with Crippen molar-refractivity contribution in [3.63, 3.8) is 0 Å². The zero-order valence-corrected chi connectivity index (χ0v) is 12.9. The molecule has 2 aromatic rings. The third-order valence-electron chi connectivity index (χ3n) is 3.95. The van der Waals surface area contributed by atoms with E-state index in [1.807, 2.05) is 0 Å². The molecule has 122 valence electrons. The molecular weight excluding hydrogens is 300 g/mol. The Bertz CT molecular complexity index is 668. The Balaban J connectivity index is 1.57. The lowest BCUT2D eigenvalue weighted by Gasteiger charge is -2.34. The third kappa shape index (κ3) is 3.29. The predicted octanol–water partition coefficient (Wildman–Crippen LogP) is 1.62. The van der Waals surface area contributed by atoms with Crippen LogP contribution in [0.3, 0.4) is 0 Å². The Kier molecular flexibility index (Phi) is 4.47. The Morgan fingerprint density at radius 2 is 1.96 bits per heavy atom. The van der Waals surface area contributed by atoms with Gasteiger partial charge in [0.15, 0.2) is 0 Å². The van der Waals surface area contributed by atoms with Gasteiger partial charge in [-0.1, -0.05) is 0 Å². The Morgan fingerprint density at radius 3 is 2.61 bits per heavy atom. The fraction of sp³-hybridized carbons (Fsp3) is 0.375. The maximum absolute atomic E-state index is 12.2. The molecule has 3 heterocycles. The van der Waals surface area contributed by atoms with Crippen molar-refractivity contribution in [2.75, 3.05) is 33.3 Å². The van der Waals surface area contributed by atoms with Gasteiger partial charge in [-0.2, -0.15) is 0 Å². The molecule has 7 nitrogen and oxygen atoms in total. The van der Waals surface area contributed by atoms with Crippen molar-refractivity contribution < 1.29 is 23.2 Å². The third-order valence-corrected chi connectivity index (χ3v) is 3.95. The van der Waals surface area contributed by atoms with E-state index < -0.39 is 5.97 Å². The van der Waals surface area contributed by atoms with Gasteiger partial charge in [0.2, 0.25) is 0 Å². The number of amides is 1. The minimum Gasteiger partial charge on any atom is -0.472 e. The summed E-state index contributed by atoms with van der Waals surface area (Å²) in [5, 5.41) is 0. The van der Waals surface area contributed by atoms with E-state index in [0.29, 0.717) is 49.6 Å². The summed E-state index contributed by atoms with van der Waals surface area (Å²) in [4.78, 5) is 27.8. The number of carbonyl (C=O) groups is 2. The molecule has 0 spiro atoms. The topological polar surface area (TPSA) is 76.1 Å². The lowest BCUT2D eigenvalue weighted by atomic mass is 10.2. The van der Waals surface area contributed by atoms with Crippen molar-refractivity contribution in [3.05, 3.63) is 47.8 Å². The van der Waals surface area contributed by atoms with E-state index in [4.69, 9.17) is 13.6 Å². The van der Waals surface area contributed by atoms with Crippen LogP contribution in [-0.2, 0) is 11.3 Å². The lowest BCUT2D eigenvalue weighted by molar-refractivity contribution is 0.0590. The Hall–Kier alpha value is -2.54. The molecule has 1 amide bonds. The summed E-state index contributed by atoms with van der Waals surface area (Å²) in [6.07, 6.45) is 4.44. The highest BCUT2D eigenvalue weighted by molar-refractivity contribution is 5.93. The minimum atomic E-state index is -0.400. The van der Waals surface area contributed by atoms with E-state index in [1.165, 1.54) is 25.9 Å². The highest BCUT2D eigenvalue weighted by Crippen LogP contribution is 2.16. The number of piperazine rings is 1. The van der Waals surface area contributed by atoms with Crippen molar-refractivity contribution in [2.45, 2.75) is 6.54 Å². The van der Waals surface area contributed by atoms with Gasteiger partial charge in [-0.25, -0.2) is 4.79 Å². The molecule has 23 heavy (non-hydrogen) atoms. The van der Waals surface area contributed by atoms with Gasteiger partial charge >= 0.3 is 5.97 Å². The molecule has 0 aromatic carbocycles. The summed E-state index contributed by atoms with van der Waals surface area (Å²) in [7, 11) is 1.35. The predicted molar refractivity (Wildman–Crippen MR) is 79.9 cm³/mol. The van der Waals surface area contributed by atoms with Crippen molar-refractivity contribution in [3.8, 4) is 0 Å². The van der Waals surface area contributed by atoms with Crippen molar-refractivity contribution in [2.24, 2.45) is 0 Å². The SMILES string of the molecule is COC(=O)c1ccoc1CN1CCN(C(=O)c2ccoc2)CC1. The maximum Gasteiger partial charge on any atom is 0.341 e. The quantitative estimate of drug-likeness (QED) is 0.797. The number of rotatable bonds is 4. The number of hydrogen-bond donors (Lipinski definition) is 0. The van der Waals surface area contributed by atoms with Crippen LogP contribution >= 0.6 is 0 Å². The fourth-order valence-electron chi connectivity index (χ4n) is 2.64. The molecule has 7 heteroatoms. The molecule has 0 bridgehead atoms. The molecular formula is C16H18N2O5. The second kappa shape index (κ2) is 6.70. The number of nitrogens with zero attached hydrogens (tertiary/aromatic N) is 2. The number of hydrogen-bond acceptors (Lipinski definition) is 6. The molecule has 0 saturated carbocycles. The van der Waals surface area contributed by atoms with Gasteiger partial charge < -0.3 is 18.5 Å².